The Bertz CT molecular complexity index is 369. The zero-order chi connectivity index (χ0) is 13.0. The Kier molecular flexibility index (Phi) is 4.07. The number of hydrogen-bond donors (Lipinski definition) is 2. The average Bonchev–Trinajstić information content (AvgIpc) is 2.91. The Balaban J connectivity index is 1.91. The first-order chi connectivity index (χ1) is 8.61. The van der Waals surface area contributed by atoms with Crippen LogP contribution < -0.4 is 10.2 Å². The van der Waals surface area contributed by atoms with Crippen LogP contribution in [0.5, 0.6) is 0 Å². The number of anilines is 2. The molecule has 1 aliphatic rings. The Hall–Kier alpha value is -1.29. The second kappa shape index (κ2) is 5.57. The predicted molar refractivity (Wildman–Crippen MR) is 75.0 cm³/mol. The van der Waals surface area contributed by atoms with Gasteiger partial charge >= 0.3 is 0 Å². The second-order valence-electron chi connectivity index (χ2n) is 5.78. The minimum absolute atomic E-state index is 0.104. The molecule has 0 amide bonds. The molecule has 1 fully saturated rings. The van der Waals surface area contributed by atoms with E-state index in [9.17, 15) is 5.11 Å². The summed E-state index contributed by atoms with van der Waals surface area (Å²) in [6.07, 6.45) is 4.42. The molecule has 1 aromatic heterocycles. The van der Waals surface area contributed by atoms with Gasteiger partial charge in [0, 0.05) is 31.7 Å². The molecule has 0 unspecified atom stereocenters. The van der Waals surface area contributed by atoms with Crippen molar-refractivity contribution in [3.63, 3.8) is 0 Å². The van der Waals surface area contributed by atoms with E-state index in [1.807, 2.05) is 20.0 Å². The lowest BCUT2D eigenvalue weighted by Gasteiger charge is -2.23. The van der Waals surface area contributed by atoms with Gasteiger partial charge in [-0.15, -0.1) is 0 Å². The van der Waals surface area contributed by atoms with E-state index in [1.165, 1.54) is 12.8 Å². The smallest absolute Gasteiger partial charge is 0.128 e. The zero-order valence-corrected chi connectivity index (χ0v) is 11.3. The molecule has 0 saturated carbocycles. The summed E-state index contributed by atoms with van der Waals surface area (Å²) in [6, 6.07) is 4.13. The fraction of sp³-hybridized carbons (Fsp3) is 0.643. The highest BCUT2D eigenvalue weighted by atomic mass is 16.3. The van der Waals surface area contributed by atoms with Gasteiger partial charge in [0.2, 0.25) is 0 Å². The molecule has 2 N–H and O–H groups in total. The number of aliphatic hydroxyl groups excluding tert-OH is 1. The first kappa shape index (κ1) is 13.1. The van der Waals surface area contributed by atoms with Gasteiger partial charge in [-0.25, -0.2) is 4.98 Å². The van der Waals surface area contributed by atoms with Gasteiger partial charge < -0.3 is 15.3 Å². The minimum atomic E-state index is -0.104. The normalized spacial score (nSPS) is 16.1. The van der Waals surface area contributed by atoms with Gasteiger partial charge in [0.05, 0.1) is 11.9 Å². The molecule has 0 bridgehead atoms. The highest BCUT2D eigenvalue weighted by Crippen LogP contribution is 2.20. The molecule has 0 atom stereocenters. The van der Waals surface area contributed by atoms with E-state index >= 15 is 0 Å². The van der Waals surface area contributed by atoms with Gasteiger partial charge in [-0.2, -0.15) is 0 Å². The van der Waals surface area contributed by atoms with Crippen molar-refractivity contribution in [3.8, 4) is 0 Å². The van der Waals surface area contributed by atoms with Crippen molar-refractivity contribution in [1.29, 1.82) is 0 Å². The van der Waals surface area contributed by atoms with Crippen LogP contribution >= 0.6 is 0 Å². The largest absolute Gasteiger partial charge is 0.396 e. The molecule has 100 valence electrons. The topological polar surface area (TPSA) is 48.4 Å². The van der Waals surface area contributed by atoms with Crippen LogP contribution in [0.25, 0.3) is 0 Å². The molecule has 1 aliphatic heterocycles. The lowest BCUT2D eigenvalue weighted by atomic mass is 9.95. The maximum absolute atomic E-state index is 9.20. The number of aromatic nitrogens is 1. The summed E-state index contributed by atoms with van der Waals surface area (Å²) in [5.74, 6) is 1.07. The van der Waals surface area contributed by atoms with E-state index in [0.717, 1.165) is 31.1 Å². The lowest BCUT2D eigenvalue weighted by Crippen LogP contribution is -2.26. The van der Waals surface area contributed by atoms with Crippen LogP contribution in [0, 0.1) is 5.41 Å². The number of rotatable bonds is 5. The third-order valence-electron chi connectivity index (χ3n) is 3.38. The molecule has 18 heavy (non-hydrogen) atoms. The molecule has 0 aromatic carbocycles. The van der Waals surface area contributed by atoms with Crippen molar-refractivity contribution in [1.82, 2.24) is 4.98 Å². The Labute approximate surface area is 109 Å². The van der Waals surface area contributed by atoms with Crippen LogP contribution in [-0.4, -0.2) is 36.3 Å². The van der Waals surface area contributed by atoms with Crippen LogP contribution in [-0.2, 0) is 0 Å². The van der Waals surface area contributed by atoms with Crippen molar-refractivity contribution in [3.05, 3.63) is 18.3 Å². The maximum Gasteiger partial charge on any atom is 0.128 e. The van der Waals surface area contributed by atoms with Gasteiger partial charge in [0.1, 0.15) is 5.82 Å². The fourth-order valence-corrected chi connectivity index (χ4v) is 2.02. The van der Waals surface area contributed by atoms with Gasteiger partial charge in [-0.1, -0.05) is 13.8 Å². The van der Waals surface area contributed by atoms with E-state index in [1.54, 1.807) is 0 Å². The van der Waals surface area contributed by atoms with Crippen molar-refractivity contribution in [2.24, 2.45) is 5.41 Å². The molecule has 4 nitrogen and oxygen atoms in total. The van der Waals surface area contributed by atoms with E-state index in [0.29, 0.717) is 0 Å². The molecule has 1 saturated heterocycles. The summed E-state index contributed by atoms with van der Waals surface area (Å²) >= 11 is 0. The SMILES string of the molecule is CC(C)(CO)CNc1ccc(N2CCCC2)nc1. The minimum Gasteiger partial charge on any atom is -0.396 e. The van der Waals surface area contributed by atoms with Gasteiger partial charge in [-0.3, -0.25) is 0 Å². The summed E-state index contributed by atoms with van der Waals surface area (Å²) in [5, 5.41) is 12.5. The number of hydrogen-bond acceptors (Lipinski definition) is 4. The standard InChI is InChI=1S/C14H23N3O/c1-14(2,11-18)10-16-12-5-6-13(15-9-12)17-7-3-4-8-17/h5-6,9,16,18H,3-4,7-8,10-11H2,1-2H3. The number of nitrogens with one attached hydrogen (secondary N) is 1. The summed E-state index contributed by atoms with van der Waals surface area (Å²) in [6.45, 7) is 7.24. The fourth-order valence-electron chi connectivity index (χ4n) is 2.02. The molecule has 4 heteroatoms. The number of pyridine rings is 1. The molecule has 2 rings (SSSR count). The Morgan fingerprint density at radius 3 is 2.61 bits per heavy atom. The monoisotopic (exact) mass is 249 g/mol. The molecule has 2 heterocycles. The molecule has 0 aliphatic carbocycles. The van der Waals surface area contributed by atoms with E-state index < -0.39 is 0 Å². The van der Waals surface area contributed by atoms with Crippen LogP contribution in [0.1, 0.15) is 26.7 Å². The Morgan fingerprint density at radius 1 is 1.33 bits per heavy atom. The van der Waals surface area contributed by atoms with Crippen molar-refractivity contribution in [2.75, 3.05) is 36.5 Å². The van der Waals surface area contributed by atoms with Crippen molar-refractivity contribution >= 4 is 11.5 Å². The quantitative estimate of drug-likeness (QED) is 0.839. The van der Waals surface area contributed by atoms with Crippen LogP contribution in [0.3, 0.4) is 0 Å². The van der Waals surface area contributed by atoms with Crippen molar-refractivity contribution < 1.29 is 5.11 Å². The highest BCUT2D eigenvalue weighted by molar-refractivity contribution is 5.49. The van der Waals surface area contributed by atoms with Crippen LogP contribution in [0.4, 0.5) is 11.5 Å². The first-order valence-corrected chi connectivity index (χ1v) is 6.66. The predicted octanol–water partition coefficient (Wildman–Crippen LogP) is 2.11. The maximum atomic E-state index is 9.20. The molecular formula is C14H23N3O. The second-order valence-corrected chi connectivity index (χ2v) is 5.78. The number of nitrogens with zero attached hydrogens (tertiary/aromatic N) is 2. The van der Waals surface area contributed by atoms with Gasteiger partial charge in [-0.05, 0) is 25.0 Å². The van der Waals surface area contributed by atoms with Gasteiger partial charge in [0.15, 0.2) is 0 Å². The summed E-state index contributed by atoms with van der Waals surface area (Å²) in [5.41, 5.74) is 0.910. The van der Waals surface area contributed by atoms with Crippen molar-refractivity contribution in [2.45, 2.75) is 26.7 Å². The van der Waals surface area contributed by atoms with E-state index in [4.69, 9.17) is 0 Å². The van der Waals surface area contributed by atoms with E-state index in [2.05, 4.69) is 27.3 Å². The first-order valence-electron chi connectivity index (χ1n) is 6.66. The Morgan fingerprint density at radius 2 is 2.06 bits per heavy atom. The third-order valence-corrected chi connectivity index (χ3v) is 3.38. The van der Waals surface area contributed by atoms with E-state index in [-0.39, 0.29) is 12.0 Å². The van der Waals surface area contributed by atoms with Gasteiger partial charge in [0.25, 0.3) is 0 Å². The third kappa shape index (κ3) is 3.35. The number of aliphatic hydroxyl groups is 1. The molecule has 0 radical (unpaired) electrons. The average molecular weight is 249 g/mol. The highest BCUT2D eigenvalue weighted by Gasteiger charge is 2.16. The summed E-state index contributed by atoms with van der Waals surface area (Å²) < 4.78 is 0. The molecule has 0 spiro atoms. The molecule has 1 aromatic rings. The molecular weight excluding hydrogens is 226 g/mol. The summed E-state index contributed by atoms with van der Waals surface area (Å²) in [4.78, 5) is 6.81. The summed E-state index contributed by atoms with van der Waals surface area (Å²) in [7, 11) is 0. The lowest BCUT2D eigenvalue weighted by molar-refractivity contribution is 0.171. The van der Waals surface area contributed by atoms with Crippen LogP contribution in [0.2, 0.25) is 0 Å². The van der Waals surface area contributed by atoms with Crippen LogP contribution in [0.15, 0.2) is 18.3 Å². The zero-order valence-electron chi connectivity index (χ0n) is 11.3.